The molecule has 0 aliphatic carbocycles. The summed E-state index contributed by atoms with van der Waals surface area (Å²) in [6, 6.07) is -0.172. The zero-order valence-corrected chi connectivity index (χ0v) is 10.7. The first kappa shape index (κ1) is 12.2. The Morgan fingerprint density at radius 1 is 1.42 bits per heavy atom. The van der Waals surface area contributed by atoms with Gasteiger partial charge < -0.3 is 4.90 Å². The smallest absolute Gasteiger partial charge is 0.289 e. The summed E-state index contributed by atoms with van der Waals surface area (Å²) in [5.74, 6) is -0.0423. The third kappa shape index (κ3) is 2.21. The van der Waals surface area contributed by atoms with Crippen LogP contribution in [0.2, 0.25) is 0 Å². The summed E-state index contributed by atoms with van der Waals surface area (Å²) in [5.41, 5.74) is 0. The molecular formula is C10H11N5O3S. The molecule has 3 amide bonds. The lowest BCUT2D eigenvalue weighted by Crippen LogP contribution is -2.62. The Hall–Kier alpha value is -1.90. The van der Waals surface area contributed by atoms with Crippen molar-refractivity contribution >= 4 is 28.8 Å². The average Bonchev–Trinajstić information content (AvgIpc) is 2.91. The van der Waals surface area contributed by atoms with Crippen LogP contribution < -0.4 is 0 Å². The first-order chi connectivity index (χ1) is 9.15. The molecular weight excluding hydrogens is 270 g/mol. The predicted molar refractivity (Wildman–Crippen MR) is 65.1 cm³/mol. The third-order valence-electron chi connectivity index (χ3n) is 3.13. The van der Waals surface area contributed by atoms with E-state index < -0.39 is 0 Å². The molecule has 3 heterocycles. The Kier molecular flexibility index (Phi) is 2.97. The Labute approximate surface area is 112 Å². The molecule has 2 fully saturated rings. The van der Waals surface area contributed by atoms with Crippen molar-refractivity contribution in [2.75, 3.05) is 18.8 Å². The van der Waals surface area contributed by atoms with Gasteiger partial charge >= 0.3 is 0 Å². The molecule has 0 unspecified atom stereocenters. The molecule has 0 aromatic carbocycles. The van der Waals surface area contributed by atoms with E-state index in [1.807, 2.05) is 0 Å². The van der Waals surface area contributed by atoms with Crippen LogP contribution in [0.1, 0.15) is 0 Å². The maximum absolute atomic E-state index is 11.9. The molecule has 2 aliphatic heterocycles. The Morgan fingerprint density at radius 2 is 2.21 bits per heavy atom. The summed E-state index contributed by atoms with van der Waals surface area (Å²) in [6.45, 7) is 0.945. The number of carbonyl (C=O) groups excluding carboxylic acids is 3. The summed E-state index contributed by atoms with van der Waals surface area (Å²) in [7, 11) is 0. The summed E-state index contributed by atoms with van der Waals surface area (Å²) >= 11 is 1.02. The summed E-state index contributed by atoms with van der Waals surface area (Å²) in [6.07, 6.45) is 2.84. The van der Waals surface area contributed by atoms with Gasteiger partial charge in [-0.1, -0.05) is 11.8 Å². The van der Waals surface area contributed by atoms with Crippen molar-refractivity contribution in [1.29, 1.82) is 0 Å². The molecule has 0 saturated carbocycles. The van der Waals surface area contributed by atoms with Crippen LogP contribution in [0.25, 0.3) is 0 Å². The minimum atomic E-state index is -0.210. The lowest BCUT2D eigenvalue weighted by Gasteiger charge is -2.42. The van der Waals surface area contributed by atoms with E-state index in [2.05, 4.69) is 10.1 Å². The number of rotatable bonds is 3. The van der Waals surface area contributed by atoms with Gasteiger partial charge in [0.25, 0.3) is 5.24 Å². The Bertz CT molecular complexity index is 509. The van der Waals surface area contributed by atoms with E-state index >= 15 is 0 Å². The van der Waals surface area contributed by atoms with E-state index in [0.29, 0.717) is 13.1 Å². The van der Waals surface area contributed by atoms with Crippen LogP contribution in [0.5, 0.6) is 0 Å². The minimum absolute atomic E-state index is 0.0894. The third-order valence-corrected chi connectivity index (χ3v) is 3.96. The van der Waals surface area contributed by atoms with Crippen molar-refractivity contribution in [3.8, 4) is 0 Å². The number of aromatic nitrogens is 3. The van der Waals surface area contributed by atoms with Crippen LogP contribution >= 0.6 is 11.8 Å². The van der Waals surface area contributed by atoms with Crippen LogP contribution in [0.15, 0.2) is 12.7 Å². The van der Waals surface area contributed by atoms with E-state index in [1.54, 1.807) is 4.90 Å². The van der Waals surface area contributed by atoms with Crippen LogP contribution in [0.4, 0.5) is 4.79 Å². The van der Waals surface area contributed by atoms with Crippen molar-refractivity contribution in [2.24, 2.45) is 0 Å². The van der Waals surface area contributed by atoms with Crippen molar-refractivity contribution < 1.29 is 14.4 Å². The van der Waals surface area contributed by atoms with Gasteiger partial charge in [-0.25, -0.2) is 9.67 Å². The highest BCUT2D eigenvalue weighted by Crippen LogP contribution is 2.26. The number of thioether (sulfide) groups is 1. The first-order valence-corrected chi connectivity index (χ1v) is 6.72. The Balaban J connectivity index is 1.54. The molecule has 3 rings (SSSR count). The second-order valence-electron chi connectivity index (χ2n) is 4.36. The minimum Gasteiger partial charge on any atom is -0.337 e. The van der Waals surface area contributed by atoms with Crippen molar-refractivity contribution in [1.82, 2.24) is 24.6 Å². The quantitative estimate of drug-likeness (QED) is 0.719. The number of likely N-dealkylation sites (tertiary alicyclic amines) is 1. The number of hydrogen-bond acceptors (Lipinski definition) is 6. The molecule has 19 heavy (non-hydrogen) atoms. The van der Waals surface area contributed by atoms with Gasteiger partial charge in [-0.3, -0.25) is 19.3 Å². The largest absolute Gasteiger partial charge is 0.337 e. The van der Waals surface area contributed by atoms with E-state index in [-0.39, 0.29) is 35.4 Å². The van der Waals surface area contributed by atoms with Crippen molar-refractivity contribution in [2.45, 2.75) is 12.6 Å². The molecule has 8 nitrogen and oxygen atoms in total. The van der Waals surface area contributed by atoms with Gasteiger partial charge in [0, 0.05) is 13.1 Å². The molecule has 100 valence electrons. The van der Waals surface area contributed by atoms with Gasteiger partial charge in [-0.15, -0.1) is 0 Å². The van der Waals surface area contributed by atoms with Crippen molar-refractivity contribution in [3.05, 3.63) is 12.7 Å². The monoisotopic (exact) mass is 281 g/mol. The van der Waals surface area contributed by atoms with Gasteiger partial charge in [0.1, 0.15) is 19.2 Å². The molecule has 0 spiro atoms. The normalized spacial score (nSPS) is 20.0. The second-order valence-corrected chi connectivity index (χ2v) is 5.29. The van der Waals surface area contributed by atoms with Gasteiger partial charge in [0.2, 0.25) is 11.8 Å². The lowest BCUT2D eigenvalue weighted by atomic mass is 10.1. The molecule has 2 aliphatic rings. The molecule has 9 heteroatoms. The topological polar surface area (TPSA) is 88.4 Å². The van der Waals surface area contributed by atoms with E-state index in [0.717, 1.165) is 11.8 Å². The summed E-state index contributed by atoms with van der Waals surface area (Å²) in [5, 5.41) is 3.64. The van der Waals surface area contributed by atoms with E-state index in [1.165, 1.54) is 22.2 Å². The SMILES string of the molecule is O=C(Cn1cncn1)N1CC(N2C(=O)CSC2=O)C1. The highest BCUT2D eigenvalue weighted by atomic mass is 32.2. The maximum Gasteiger partial charge on any atom is 0.289 e. The fraction of sp³-hybridized carbons (Fsp3) is 0.500. The predicted octanol–water partition coefficient (Wildman–Crippen LogP) is -0.816. The Morgan fingerprint density at radius 3 is 2.79 bits per heavy atom. The first-order valence-electron chi connectivity index (χ1n) is 5.74. The number of amides is 3. The zero-order chi connectivity index (χ0) is 13.4. The van der Waals surface area contributed by atoms with Gasteiger partial charge in [-0.05, 0) is 0 Å². The van der Waals surface area contributed by atoms with Gasteiger partial charge in [-0.2, -0.15) is 5.10 Å². The number of imide groups is 1. The highest BCUT2D eigenvalue weighted by molar-refractivity contribution is 8.14. The lowest BCUT2D eigenvalue weighted by molar-refractivity contribution is -0.142. The summed E-state index contributed by atoms with van der Waals surface area (Å²) < 4.78 is 1.44. The number of nitrogens with zero attached hydrogens (tertiary/aromatic N) is 5. The molecule has 2 saturated heterocycles. The van der Waals surface area contributed by atoms with Gasteiger partial charge in [0.05, 0.1) is 11.8 Å². The van der Waals surface area contributed by atoms with Crippen LogP contribution in [-0.2, 0) is 16.1 Å². The fourth-order valence-electron chi connectivity index (χ4n) is 2.09. The maximum atomic E-state index is 11.9. The van der Waals surface area contributed by atoms with E-state index in [4.69, 9.17) is 0 Å². The highest BCUT2D eigenvalue weighted by Gasteiger charge is 2.43. The standard InChI is InChI=1S/C10H11N5O3S/c16-8(3-14-6-11-5-12-14)13-1-7(2-13)15-9(17)4-19-10(15)18/h5-7H,1-4H2. The summed E-state index contributed by atoms with van der Waals surface area (Å²) in [4.78, 5) is 41.5. The average molecular weight is 281 g/mol. The number of hydrogen-bond donors (Lipinski definition) is 0. The molecule has 0 bridgehead atoms. The fourth-order valence-corrected chi connectivity index (χ4v) is 2.87. The number of carbonyl (C=O) groups is 3. The molecule has 0 radical (unpaired) electrons. The van der Waals surface area contributed by atoms with Crippen LogP contribution in [0.3, 0.4) is 0 Å². The molecule has 1 aromatic heterocycles. The van der Waals surface area contributed by atoms with Gasteiger partial charge in [0.15, 0.2) is 0 Å². The molecule has 0 atom stereocenters. The zero-order valence-electron chi connectivity index (χ0n) is 9.93. The second kappa shape index (κ2) is 4.65. The van der Waals surface area contributed by atoms with Crippen LogP contribution in [0, 0.1) is 0 Å². The molecule has 1 aromatic rings. The molecule has 0 N–H and O–H groups in total. The van der Waals surface area contributed by atoms with Crippen LogP contribution in [-0.4, -0.2) is 66.5 Å². The van der Waals surface area contributed by atoms with E-state index in [9.17, 15) is 14.4 Å². The van der Waals surface area contributed by atoms with Crippen molar-refractivity contribution in [3.63, 3.8) is 0 Å².